The molecule has 1 aromatic carbocycles. The number of carbonyl (C=O) groups is 1. The van der Waals surface area contributed by atoms with Gasteiger partial charge >= 0.3 is 0 Å². The van der Waals surface area contributed by atoms with Crippen LogP contribution in [0.1, 0.15) is 31.4 Å². The van der Waals surface area contributed by atoms with E-state index in [1.165, 1.54) is 0 Å². The Balaban J connectivity index is 2.37. The molecule has 1 rings (SSSR count). The quantitative estimate of drug-likeness (QED) is 0.791. The average Bonchev–Trinajstić information content (AvgIpc) is 2.38. The zero-order chi connectivity index (χ0) is 14.3. The molecule has 0 fully saturated rings. The second-order valence-corrected chi connectivity index (χ2v) is 5.04. The van der Waals surface area contributed by atoms with Crippen molar-refractivity contribution in [3.05, 3.63) is 35.4 Å². The third kappa shape index (κ3) is 5.85. The molecule has 0 aliphatic rings. The smallest absolute Gasteiger partial charge is 0.222 e. The number of amides is 1. The SMILES string of the molecule is COCc1ccc(CNC(=O)CC(O)C(C)C)cc1. The fraction of sp³-hybridized carbons (Fsp3) is 0.533. The molecule has 0 aromatic heterocycles. The molecule has 0 bridgehead atoms. The van der Waals surface area contributed by atoms with Crippen LogP contribution in [0, 0.1) is 5.92 Å². The van der Waals surface area contributed by atoms with Gasteiger partial charge in [-0.2, -0.15) is 0 Å². The summed E-state index contributed by atoms with van der Waals surface area (Å²) in [4.78, 5) is 11.6. The van der Waals surface area contributed by atoms with Crippen molar-refractivity contribution in [1.82, 2.24) is 5.32 Å². The molecule has 0 saturated carbocycles. The van der Waals surface area contributed by atoms with Gasteiger partial charge in [0.1, 0.15) is 0 Å². The molecule has 1 atom stereocenters. The minimum absolute atomic E-state index is 0.0964. The lowest BCUT2D eigenvalue weighted by atomic mass is 10.0. The van der Waals surface area contributed by atoms with Crippen LogP contribution in [0.3, 0.4) is 0 Å². The van der Waals surface area contributed by atoms with Gasteiger partial charge in [0.05, 0.1) is 19.1 Å². The lowest BCUT2D eigenvalue weighted by molar-refractivity contribution is -0.123. The predicted octanol–water partition coefficient (Wildman–Crippen LogP) is 1.86. The number of hydrogen-bond acceptors (Lipinski definition) is 3. The summed E-state index contributed by atoms with van der Waals surface area (Å²) in [7, 11) is 1.66. The van der Waals surface area contributed by atoms with Crippen LogP contribution in [0.2, 0.25) is 0 Å². The van der Waals surface area contributed by atoms with Crippen molar-refractivity contribution >= 4 is 5.91 Å². The van der Waals surface area contributed by atoms with E-state index < -0.39 is 6.10 Å². The lowest BCUT2D eigenvalue weighted by Crippen LogP contribution is -2.29. The van der Waals surface area contributed by atoms with Crippen LogP contribution in [0.5, 0.6) is 0 Å². The van der Waals surface area contributed by atoms with E-state index in [0.717, 1.165) is 11.1 Å². The first-order valence-corrected chi connectivity index (χ1v) is 6.54. The Hall–Kier alpha value is -1.39. The normalized spacial score (nSPS) is 12.5. The molecule has 1 amide bonds. The second kappa shape index (κ2) is 7.92. The van der Waals surface area contributed by atoms with Gasteiger partial charge in [0.25, 0.3) is 0 Å². The van der Waals surface area contributed by atoms with E-state index in [-0.39, 0.29) is 18.2 Å². The van der Waals surface area contributed by atoms with Gasteiger partial charge in [-0.3, -0.25) is 4.79 Å². The molecule has 0 saturated heterocycles. The van der Waals surface area contributed by atoms with E-state index >= 15 is 0 Å². The van der Waals surface area contributed by atoms with Crippen molar-refractivity contribution in [2.75, 3.05) is 7.11 Å². The summed E-state index contributed by atoms with van der Waals surface area (Å²) in [6, 6.07) is 7.89. The van der Waals surface area contributed by atoms with Gasteiger partial charge < -0.3 is 15.2 Å². The Morgan fingerprint density at radius 3 is 2.37 bits per heavy atom. The molecular weight excluding hydrogens is 242 g/mol. The zero-order valence-corrected chi connectivity index (χ0v) is 11.8. The van der Waals surface area contributed by atoms with E-state index in [1.54, 1.807) is 7.11 Å². The minimum Gasteiger partial charge on any atom is -0.392 e. The summed E-state index contributed by atoms with van der Waals surface area (Å²) in [5.41, 5.74) is 2.14. The number of carbonyl (C=O) groups excluding carboxylic acids is 1. The maximum atomic E-state index is 11.6. The summed E-state index contributed by atoms with van der Waals surface area (Å²) in [6.07, 6.45) is -0.427. The maximum absolute atomic E-state index is 11.6. The number of methoxy groups -OCH3 is 1. The van der Waals surface area contributed by atoms with Crippen LogP contribution >= 0.6 is 0 Å². The molecule has 1 unspecified atom stereocenters. The Labute approximate surface area is 114 Å². The summed E-state index contributed by atoms with van der Waals surface area (Å²) in [5.74, 6) is -0.0266. The number of benzene rings is 1. The topological polar surface area (TPSA) is 58.6 Å². The van der Waals surface area contributed by atoms with E-state index in [0.29, 0.717) is 13.2 Å². The van der Waals surface area contributed by atoms with Crippen LogP contribution < -0.4 is 5.32 Å². The van der Waals surface area contributed by atoms with Crippen molar-refractivity contribution in [1.29, 1.82) is 0 Å². The number of hydrogen-bond donors (Lipinski definition) is 2. The van der Waals surface area contributed by atoms with E-state index in [9.17, 15) is 9.90 Å². The third-order valence-corrected chi connectivity index (χ3v) is 2.99. The molecule has 4 nitrogen and oxygen atoms in total. The molecule has 0 aliphatic heterocycles. The highest BCUT2D eigenvalue weighted by molar-refractivity contribution is 5.76. The number of nitrogens with one attached hydrogen (secondary N) is 1. The number of ether oxygens (including phenoxy) is 1. The Morgan fingerprint density at radius 2 is 1.84 bits per heavy atom. The molecule has 0 spiro atoms. The van der Waals surface area contributed by atoms with Crippen LogP contribution in [0.15, 0.2) is 24.3 Å². The van der Waals surface area contributed by atoms with Crippen molar-refractivity contribution in [3.8, 4) is 0 Å². The Kier molecular flexibility index (Phi) is 6.53. The van der Waals surface area contributed by atoms with Gasteiger partial charge in [0.15, 0.2) is 0 Å². The standard InChI is InChI=1S/C15H23NO3/c1-11(2)14(17)8-15(18)16-9-12-4-6-13(7-5-12)10-19-3/h4-7,11,14,17H,8-10H2,1-3H3,(H,16,18). The fourth-order valence-electron chi connectivity index (χ4n) is 1.62. The third-order valence-electron chi connectivity index (χ3n) is 2.99. The first-order chi connectivity index (χ1) is 9.02. The van der Waals surface area contributed by atoms with E-state index in [2.05, 4.69) is 5.32 Å². The van der Waals surface area contributed by atoms with Gasteiger partial charge in [-0.1, -0.05) is 38.1 Å². The van der Waals surface area contributed by atoms with Gasteiger partial charge in [0.2, 0.25) is 5.91 Å². The summed E-state index contributed by atoms with van der Waals surface area (Å²) >= 11 is 0. The number of aliphatic hydroxyl groups excluding tert-OH is 1. The molecule has 2 N–H and O–H groups in total. The monoisotopic (exact) mass is 265 g/mol. The van der Waals surface area contributed by atoms with E-state index in [4.69, 9.17) is 4.74 Å². The predicted molar refractivity (Wildman–Crippen MR) is 74.5 cm³/mol. The molecule has 0 radical (unpaired) electrons. The highest BCUT2D eigenvalue weighted by atomic mass is 16.5. The van der Waals surface area contributed by atoms with Crippen LogP contribution in [0.4, 0.5) is 0 Å². The van der Waals surface area contributed by atoms with Gasteiger partial charge in [0, 0.05) is 13.7 Å². The summed E-state index contributed by atoms with van der Waals surface area (Å²) in [5, 5.41) is 12.4. The summed E-state index contributed by atoms with van der Waals surface area (Å²) in [6.45, 7) is 4.86. The van der Waals surface area contributed by atoms with E-state index in [1.807, 2.05) is 38.1 Å². The van der Waals surface area contributed by atoms with Crippen molar-refractivity contribution in [2.45, 2.75) is 39.5 Å². The molecule has 106 valence electrons. The minimum atomic E-state index is -0.580. The fourth-order valence-corrected chi connectivity index (χ4v) is 1.62. The second-order valence-electron chi connectivity index (χ2n) is 5.04. The molecule has 0 heterocycles. The number of aliphatic hydroxyl groups is 1. The molecule has 0 aliphatic carbocycles. The zero-order valence-electron chi connectivity index (χ0n) is 11.8. The lowest BCUT2D eigenvalue weighted by Gasteiger charge is -2.14. The number of rotatable bonds is 7. The molecular formula is C15H23NO3. The highest BCUT2D eigenvalue weighted by Crippen LogP contribution is 2.07. The highest BCUT2D eigenvalue weighted by Gasteiger charge is 2.13. The molecule has 19 heavy (non-hydrogen) atoms. The Bertz CT molecular complexity index is 387. The van der Waals surface area contributed by atoms with Gasteiger partial charge in [-0.05, 0) is 17.0 Å². The average molecular weight is 265 g/mol. The largest absolute Gasteiger partial charge is 0.392 e. The van der Waals surface area contributed by atoms with Crippen molar-refractivity contribution in [3.63, 3.8) is 0 Å². The first-order valence-electron chi connectivity index (χ1n) is 6.54. The summed E-state index contributed by atoms with van der Waals surface area (Å²) < 4.78 is 5.03. The van der Waals surface area contributed by atoms with Crippen LogP contribution in [-0.4, -0.2) is 24.2 Å². The first kappa shape index (κ1) is 15.7. The van der Waals surface area contributed by atoms with Crippen molar-refractivity contribution in [2.24, 2.45) is 5.92 Å². The van der Waals surface area contributed by atoms with Crippen LogP contribution in [-0.2, 0) is 22.7 Å². The maximum Gasteiger partial charge on any atom is 0.222 e. The molecule has 4 heteroatoms. The molecule has 1 aromatic rings. The van der Waals surface area contributed by atoms with Gasteiger partial charge in [-0.15, -0.1) is 0 Å². The van der Waals surface area contributed by atoms with Crippen molar-refractivity contribution < 1.29 is 14.6 Å². The van der Waals surface area contributed by atoms with Gasteiger partial charge in [-0.25, -0.2) is 0 Å². The Morgan fingerprint density at radius 1 is 1.26 bits per heavy atom. The van der Waals surface area contributed by atoms with Crippen LogP contribution in [0.25, 0.3) is 0 Å².